The average Bonchev–Trinajstić information content (AvgIpc) is 2.87. The Bertz CT molecular complexity index is 960. The van der Waals surface area contributed by atoms with Crippen LogP contribution >= 0.6 is 0 Å². The molecule has 8 nitrogen and oxygen atoms in total. The van der Waals surface area contributed by atoms with Crippen LogP contribution in [0.15, 0.2) is 72.8 Å². The van der Waals surface area contributed by atoms with Crippen molar-refractivity contribution >= 4 is 23.9 Å². The number of unbranched alkanes of at least 4 members (excludes halogenated alkanes) is 3. The highest BCUT2D eigenvalue weighted by molar-refractivity contribution is 6.19. The van der Waals surface area contributed by atoms with Gasteiger partial charge in [0, 0.05) is 12.0 Å². The third kappa shape index (κ3) is 7.53. The molecular weight excluding hydrogens is 452 g/mol. The van der Waals surface area contributed by atoms with E-state index < -0.39 is 35.7 Å². The smallest absolute Gasteiger partial charge is 0.340 e. The first-order valence-corrected chi connectivity index (χ1v) is 11.3. The van der Waals surface area contributed by atoms with Gasteiger partial charge in [-0.25, -0.2) is 14.4 Å². The first kappa shape index (κ1) is 27.3. The Labute approximate surface area is 204 Å². The Morgan fingerprint density at radius 3 is 1.74 bits per heavy atom. The van der Waals surface area contributed by atoms with E-state index >= 15 is 0 Å². The molecule has 0 N–H and O–H groups in total. The maximum atomic E-state index is 13.3. The van der Waals surface area contributed by atoms with Gasteiger partial charge in [0.1, 0.15) is 11.5 Å². The van der Waals surface area contributed by atoms with Gasteiger partial charge in [0.25, 0.3) is 5.41 Å². The molecule has 0 atom stereocenters. The maximum Gasteiger partial charge on any atom is 0.340 e. The summed E-state index contributed by atoms with van der Waals surface area (Å²) in [7, 11) is 1.01. The lowest BCUT2D eigenvalue weighted by molar-refractivity contribution is -0.174. The molecule has 0 heterocycles. The lowest BCUT2D eigenvalue weighted by Gasteiger charge is -2.27. The highest BCUT2D eigenvalue weighted by atomic mass is 16.6. The van der Waals surface area contributed by atoms with Crippen LogP contribution in [0.4, 0.5) is 0 Å². The first-order valence-electron chi connectivity index (χ1n) is 11.3. The van der Waals surface area contributed by atoms with Crippen molar-refractivity contribution in [3.05, 3.63) is 72.8 Å². The van der Waals surface area contributed by atoms with Crippen LogP contribution in [0.1, 0.15) is 39.0 Å². The van der Waals surface area contributed by atoms with E-state index in [9.17, 15) is 19.2 Å². The second-order valence-electron chi connectivity index (χ2n) is 7.78. The van der Waals surface area contributed by atoms with Crippen molar-refractivity contribution in [2.45, 2.75) is 39.0 Å². The molecule has 0 aromatic heterocycles. The van der Waals surface area contributed by atoms with Crippen molar-refractivity contribution in [2.24, 2.45) is 5.41 Å². The van der Waals surface area contributed by atoms with Gasteiger partial charge in [-0.3, -0.25) is 4.79 Å². The third-order valence-corrected chi connectivity index (χ3v) is 5.14. The van der Waals surface area contributed by atoms with Crippen LogP contribution in [-0.2, 0) is 28.7 Å². The number of benzene rings is 2. The van der Waals surface area contributed by atoms with E-state index in [1.807, 2.05) is 0 Å². The molecule has 0 aliphatic rings. The van der Waals surface area contributed by atoms with E-state index in [-0.39, 0.29) is 23.7 Å². The van der Waals surface area contributed by atoms with Gasteiger partial charge in [-0.1, -0.05) is 69.2 Å². The molecule has 2 aromatic rings. The Kier molecular flexibility index (Phi) is 10.7. The summed E-state index contributed by atoms with van der Waals surface area (Å²) in [5.74, 6) is -4.46. The van der Waals surface area contributed by atoms with E-state index in [0.717, 1.165) is 26.4 Å². The highest BCUT2D eigenvalue weighted by Gasteiger charge is 2.58. The maximum absolute atomic E-state index is 13.3. The molecule has 0 fully saturated rings. The molecule has 0 radical (unpaired) electrons. The SMILES string of the molecule is C=C(CC(C(=O)OC)(C(=O)Oc1ccccc1)C(=O)Oc1ccccc1)C(=O)OCCCCCC. The summed E-state index contributed by atoms with van der Waals surface area (Å²) >= 11 is 0. The predicted molar refractivity (Wildman–Crippen MR) is 127 cm³/mol. The van der Waals surface area contributed by atoms with Crippen molar-refractivity contribution in [1.29, 1.82) is 0 Å². The molecule has 0 spiro atoms. The lowest BCUT2D eigenvalue weighted by atomic mass is 9.81. The normalized spacial score (nSPS) is 10.7. The van der Waals surface area contributed by atoms with Crippen LogP contribution < -0.4 is 9.47 Å². The second-order valence-corrected chi connectivity index (χ2v) is 7.78. The third-order valence-electron chi connectivity index (χ3n) is 5.14. The molecule has 0 aliphatic carbocycles. The quantitative estimate of drug-likeness (QED) is 0.136. The summed E-state index contributed by atoms with van der Waals surface area (Å²) in [5.41, 5.74) is -2.93. The van der Waals surface area contributed by atoms with Crippen LogP contribution in [0.5, 0.6) is 11.5 Å². The highest BCUT2D eigenvalue weighted by Crippen LogP contribution is 2.33. The summed E-state index contributed by atoms with van der Waals surface area (Å²) in [5, 5.41) is 0. The van der Waals surface area contributed by atoms with Crippen molar-refractivity contribution in [2.75, 3.05) is 13.7 Å². The summed E-state index contributed by atoms with van der Waals surface area (Å²) in [4.78, 5) is 52.2. The zero-order valence-electron chi connectivity index (χ0n) is 20.0. The number of hydrogen-bond donors (Lipinski definition) is 0. The van der Waals surface area contributed by atoms with E-state index in [2.05, 4.69) is 13.5 Å². The summed E-state index contributed by atoms with van der Waals surface area (Å²) in [6.45, 7) is 5.86. The Balaban J connectivity index is 2.34. The summed E-state index contributed by atoms with van der Waals surface area (Å²) < 4.78 is 20.7. The molecule has 0 saturated carbocycles. The van der Waals surface area contributed by atoms with E-state index in [1.54, 1.807) is 36.4 Å². The van der Waals surface area contributed by atoms with Gasteiger partial charge in [0.2, 0.25) is 0 Å². The van der Waals surface area contributed by atoms with Crippen molar-refractivity contribution in [1.82, 2.24) is 0 Å². The standard InChI is InChI=1S/C27H30O8/c1-4-5-6-13-18-33-23(28)20(2)19-27(24(29)32-3,25(30)34-21-14-9-7-10-15-21)26(31)35-22-16-11-8-12-17-22/h7-12,14-17H,2,4-6,13,18-19H2,1,3H3. The molecule has 35 heavy (non-hydrogen) atoms. The molecule has 0 aliphatic heterocycles. The molecule has 0 bridgehead atoms. The predicted octanol–water partition coefficient (Wildman–Crippen LogP) is 4.43. The van der Waals surface area contributed by atoms with E-state index in [1.165, 1.54) is 24.3 Å². The molecule has 0 saturated heterocycles. The van der Waals surface area contributed by atoms with Gasteiger partial charge in [0.05, 0.1) is 13.7 Å². The van der Waals surface area contributed by atoms with Crippen LogP contribution in [0.3, 0.4) is 0 Å². The molecule has 2 rings (SSSR count). The molecule has 186 valence electrons. The average molecular weight is 483 g/mol. The number of esters is 4. The van der Waals surface area contributed by atoms with Gasteiger partial charge in [0.15, 0.2) is 0 Å². The number of hydrogen-bond acceptors (Lipinski definition) is 8. The lowest BCUT2D eigenvalue weighted by Crippen LogP contribution is -2.52. The minimum atomic E-state index is -2.65. The number of carbonyl (C=O) groups is 4. The zero-order chi connectivity index (χ0) is 25.7. The Hall–Kier alpha value is -3.94. The van der Waals surface area contributed by atoms with Gasteiger partial charge in [-0.15, -0.1) is 0 Å². The van der Waals surface area contributed by atoms with Gasteiger partial charge >= 0.3 is 23.9 Å². The molecule has 0 unspecified atom stereocenters. The van der Waals surface area contributed by atoms with Crippen molar-refractivity contribution < 1.29 is 38.1 Å². The van der Waals surface area contributed by atoms with E-state index in [4.69, 9.17) is 18.9 Å². The molecular formula is C27H30O8. The fraction of sp³-hybridized carbons (Fsp3) is 0.333. The Morgan fingerprint density at radius 2 is 1.29 bits per heavy atom. The minimum absolute atomic E-state index is 0.0856. The van der Waals surface area contributed by atoms with Gasteiger partial charge < -0.3 is 18.9 Å². The summed E-state index contributed by atoms with van der Waals surface area (Å²) in [6, 6.07) is 15.7. The zero-order valence-corrected chi connectivity index (χ0v) is 20.0. The number of methoxy groups -OCH3 is 1. The van der Waals surface area contributed by atoms with Gasteiger partial charge in [-0.05, 0) is 30.7 Å². The first-order chi connectivity index (χ1) is 16.8. The molecule has 0 amide bonds. The van der Waals surface area contributed by atoms with Crippen molar-refractivity contribution in [3.8, 4) is 11.5 Å². The largest absolute Gasteiger partial charge is 0.468 e. The van der Waals surface area contributed by atoms with E-state index in [0.29, 0.717) is 6.42 Å². The molecule has 2 aromatic carbocycles. The number of carbonyl (C=O) groups excluding carboxylic acids is 4. The summed E-state index contributed by atoms with van der Waals surface area (Å²) in [6.07, 6.45) is 2.82. The number of ether oxygens (including phenoxy) is 4. The fourth-order valence-electron chi connectivity index (χ4n) is 3.19. The monoisotopic (exact) mass is 482 g/mol. The molecule has 8 heteroatoms. The van der Waals surface area contributed by atoms with Crippen LogP contribution in [-0.4, -0.2) is 37.6 Å². The minimum Gasteiger partial charge on any atom is -0.468 e. The fourth-order valence-corrected chi connectivity index (χ4v) is 3.19. The number of rotatable bonds is 13. The van der Waals surface area contributed by atoms with Crippen LogP contribution in [0.2, 0.25) is 0 Å². The van der Waals surface area contributed by atoms with Crippen LogP contribution in [0, 0.1) is 5.41 Å². The second kappa shape index (κ2) is 13.7. The number of para-hydroxylation sites is 2. The van der Waals surface area contributed by atoms with Gasteiger partial charge in [-0.2, -0.15) is 0 Å². The Morgan fingerprint density at radius 1 is 0.771 bits per heavy atom. The van der Waals surface area contributed by atoms with Crippen LogP contribution in [0.25, 0.3) is 0 Å². The van der Waals surface area contributed by atoms with Crippen molar-refractivity contribution in [3.63, 3.8) is 0 Å². The topological polar surface area (TPSA) is 105 Å².